The number of amides is 1. The number of benzene rings is 1. The second-order valence-electron chi connectivity index (χ2n) is 7.94. The van der Waals surface area contributed by atoms with E-state index in [2.05, 4.69) is 5.16 Å². The minimum Gasteiger partial charge on any atom is -0.385 e. The Bertz CT molecular complexity index is 845. The molecule has 1 saturated heterocycles. The molecular weight excluding hydrogens is 335 g/mol. The minimum atomic E-state index is -1.00. The fraction of sp³-hybridized carbons (Fsp3) is 0.500. The second kappa shape index (κ2) is 5.64. The molecular formula is C20H21FN2O3. The van der Waals surface area contributed by atoms with E-state index in [1.807, 2.05) is 0 Å². The molecule has 1 aliphatic heterocycles. The summed E-state index contributed by atoms with van der Waals surface area (Å²) in [6.07, 6.45) is 3.70. The van der Waals surface area contributed by atoms with E-state index in [0.717, 1.165) is 30.6 Å². The van der Waals surface area contributed by atoms with Gasteiger partial charge in [-0.1, -0.05) is 17.3 Å². The standard InChI is InChI=1S/C20H21FN2O3/c21-15-5-3-14(4-6-15)20(25)8-7-13-10-23(11-16(13)20)19(24)17-9-18(26-22-17)12-1-2-12/h3-6,9,12-13,16,25H,1-2,7-8,10-11H2/t13-,16+,20+/m1/s1. The lowest BCUT2D eigenvalue weighted by Gasteiger charge is -2.30. The van der Waals surface area contributed by atoms with Crippen molar-refractivity contribution in [3.63, 3.8) is 0 Å². The van der Waals surface area contributed by atoms with Gasteiger partial charge in [0.15, 0.2) is 5.69 Å². The van der Waals surface area contributed by atoms with E-state index >= 15 is 0 Å². The fourth-order valence-corrected chi connectivity index (χ4v) is 4.67. The van der Waals surface area contributed by atoms with Gasteiger partial charge < -0.3 is 14.5 Å². The molecule has 136 valence electrons. The van der Waals surface area contributed by atoms with Crippen molar-refractivity contribution in [1.29, 1.82) is 0 Å². The number of hydrogen-bond acceptors (Lipinski definition) is 4. The van der Waals surface area contributed by atoms with Crippen molar-refractivity contribution in [2.45, 2.75) is 37.2 Å². The molecule has 5 rings (SSSR count). The molecule has 3 aliphatic rings. The highest BCUT2D eigenvalue weighted by Gasteiger charge is 2.53. The van der Waals surface area contributed by atoms with E-state index in [4.69, 9.17) is 4.52 Å². The van der Waals surface area contributed by atoms with Crippen molar-refractivity contribution < 1.29 is 18.8 Å². The molecule has 5 nitrogen and oxygen atoms in total. The maximum atomic E-state index is 13.2. The Labute approximate surface area is 150 Å². The maximum Gasteiger partial charge on any atom is 0.276 e. The fourth-order valence-electron chi connectivity index (χ4n) is 4.67. The number of aromatic nitrogens is 1. The van der Waals surface area contributed by atoms with Crippen LogP contribution in [0, 0.1) is 17.7 Å². The number of nitrogens with zero attached hydrogens (tertiary/aromatic N) is 2. The van der Waals surface area contributed by atoms with Crippen molar-refractivity contribution in [2.75, 3.05) is 13.1 Å². The summed E-state index contributed by atoms with van der Waals surface area (Å²) in [5.74, 6) is 1.00. The van der Waals surface area contributed by atoms with Crippen molar-refractivity contribution in [1.82, 2.24) is 10.1 Å². The number of likely N-dealkylation sites (tertiary alicyclic amines) is 1. The highest BCUT2D eigenvalue weighted by atomic mass is 19.1. The van der Waals surface area contributed by atoms with Crippen molar-refractivity contribution in [3.05, 3.63) is 53.2 Å². The third kappa shape index (κ3) is 2.47. The summed E-state index contributed by atoms with van der Waals surface area (Å²) >= 11 is 0. The van der Waals surface area contributed by atoms with Crippen LogP contribution in [0.5, 0.6) is 0 Å². The van der Waals surface area contributed by atoms with Crippen molar-refractivity contribution in [3.8, 4) is 0 Å². The Hall–Kier alpha value is -2.21. The zero-order valence-electron chi connectivity index (χ0n) is 14.4. The number of carbonyl (C=O) groups excluding carboxylic acids is 1. The quantitative estimate of drug-likeness (QED) is 0.918. The molecule has 1 N–H and O–H groups in total. The summed E-state index contributed by atoms with van der Waals surface area (Å²) in [5.41, 5.74) is 0.0893. The van der Waals surface area contributed by atoms with E-state index in [1.54, 1.807) is 23.1 Å². The molecule has 2 aliphatic carbocycles. The summed E-state index contributed by atoms with van der Waals surface area (Å²) in [6.45, 7) is 1.11. The van der Waals surface area contributed by atoms with E-state index in [0.29, 0.717) is 31.1 Å². The Kier molecular flexibility index (Phi) is 3.47. The normalized spacial score (nSPS) is 30.6. The second-order valence-corrected chi connectivity index (χ2v) is 7.94. The first-order valence-electron chi connectivity index (χ1n) is 9.29. The lowest BCUT2D eigenvalue weighted by molar-refractivity contribution is -0.00597. The molecule has 26 heavy (non-hydrogen) atoms. The Balaban J connectivity index is 1.35. The molecule has 1 aromatic carbocycles. The molecule has 0 unspecified atom stereocenters. The first kappa shape index (κ1) is 16.0. The van der Waals surface area contributed by atoms with Crippen LogP contribution in [0.4, 0.5) is 4.39 Å². The molecule has 0 bridgehead atoms. The molecule has 1 aromatic heterocycles. The van der Waals surface area contributed by atoms with Gasteiger partial charge in [0.05, 0.1) is 5.60 Å². The number of aliphatic hydroxyl groups is 1. The van der Waals surface area contributed by atoms with Crippen molar-refractivity contribution >= 4 is 5.91 Å². The smallest absolute Gasteiger partial charge is 0.276 e. The lowest BCUT2D eigenvalue weighted by Crippen LogP contribution is -2.36. The number of halogens is 1. The van der Waals surface area contributed by atoms with Gasteiger partial charge in [-0.25, -0.2) is 4.39 Å². The van der Waals surface area contributed by atoms with Crippen LogP contribution in [0.25, 0.3) is 0 Å². The summed E-state index contributed by atoms with van der Waals surface area (Å²) in [6, 6.07) is 7.84. The van der Waals surface area contributed by atoms with Gasteiger partial charge in [0.1, 0.15) is 11.6 Å². The Morgan fingerprint density at radius 2 is 2.00 bits per heavy atom. The summed E-state index contributed by atoms with van der Waals surface area (Å²) in [4.78, 5) is 14.6. The third-order valence-electron chi connectivity index (χ3n) is 6.31. The minimum absolute atomic E-state index is 0.0354. The Morgan fingerprint density at radius 3 is 2.73 bits per heavy atom. The molecule has 1 amide bonds. The van der Waals surface area contributed by atoms with Crippen LogP contribution >= 0.6 is 0 Å². The SMILES string of the molecule is O=C(c1cc(C2CC2)on1)N1C[C@H]2CC[C@](O)(c3ccc(F)cc3)[C@H]2C1. The predicted molar refractivity (Wildman–Crippen MR) is 90.9 cm³/mol. The van der Waals surface area contributed by atoms with Gasteiger partial charge in [0, 0.05) is 31.0 Å². The number of hydrogen-bond donors (Lipinski definition) is 1. The van der Waals surface area contributed by atoms with Gasteiger partial charge in [-0.15, -0.1) is 0 Å². The van der Waals surface area contributed by atoms with Gasteiger partial charge in [-0.2, -0.15) is 0 Å². The molecule has 3 fully saturated rings. The maximum absolute atomic E-state index is 13.2. The van der Waals surface area contributed by atoms with Gasteiger partial charge in [0.25, 0.3) is 5.91 Å². The largest absolute Gasteiger partial charge is 0.385 e. The van der Waals surface area contributed by atoms with E-state index in [1.165, 1.54) is 12.1 Å². The molecule has 6 heteroatoms. The van der Waals surface area contributed by atoms with Crippen LogP contribution in [-0.4, -0.2) is 34.2 Å². The monoisotopic (exact) mass is 356 g/mol. The van der Waals surface area contributed by atoms with Gasteiger partial charge >= 0.3 is 0 Å². The summed E-state index contributed by atoms with van der Waals surface area (Å²) < 4.78 is 18.5. The first-order valence-corrected chi connectivity index (χ1v) is 9.29. The number of fused-ring (bicyclic) bond motifs is 1. The van der Waals surface area contributed by atoms with Gasteiger partial charge in [-0.05, 0) is 49.3 Å². The molecule has 3 atom stereocenters. The molecule has 2 saturated carbocycles. The predicted octanol–water partition coefficient (Wildman–Crippen LogP) is 3.06. The average molecular weight is 356 g/mol. The van der Waals surface area contributed by atoms with Crippen molar-refractivity contribution in [2.24, 2.45) is 11.8 Å². The highest BCUT2D eigenvalue weighted by Crippen LogP contribution is 2.50. The Morgan fingerprint density at radius 1 is 1.23 bits per heavy atom. The first-order chi connectivity index (χ1) is 12.5. The van der Waals surface area contributed by atoms with E-state index in [-0.39, 0.29) is 23.6 Å². The summed E-state index contributed by atoms with van der Waals surface area (Å²) in [7, 11) is 0. The third-order valence-corrected chi connectivity index (χ3v) is 6.31. The number of rotatable bonds is 3. The molecule has 0 radical (unpaired) electrons. The van der Waals surface area contributed by atoms with E-state index < -0.39 is 5.60 Å². The topological polar surface area (TPSA) is 66.6 Å². The average Bonchev–Trinajstić information content (AvgIpc) is 3.09. The molecule has 2 aromatic rings. The molecule has 2 heterocycles. The van der Waals surface area contributed by atoms with Gasteiger partial charge in [-0.3, -0.25) is 4.79 Å². The number of carbonyl (C=O) groups is 1. The van der Waals surface area contributed by atoms with E-state index in [9.17, 15) is 14.3 Å². The van der Waals surface area contributed by atoms with Crippen LogP contribution < -0.4 is 0 Å². The van der Waals surface area contributed by atoms with Crippen LogP contribution in [0.15, 0.2) is 34.9 Å². The zero-order valence-corrected chi connectivity index (χ0v) is 14.4. The van der Waals surface area contributed by atoms with Crippen LogP contribution in [0.1, 0.15) is 53.4 Å². The molecule has 0 spiro atoms. The summed E-state index contributed by atoms with van der Waals surface area (Å²) in [5, 5.41) is 15.2. The van der Waals surface area contributed by atoms with Crippen LogP contribution in [0.3, 0.4) is 0 Å². The van der Waals surface area contributed by atoms with Crippen LogP contribution in [-0.2, 0) is 5.60 Å². The van der Waals surface area contributed by atoms with Gasteiger partial charge in [0.2, 0.25) is 0 Å². The lowest BCUT2D eigenvalue weighted by atomic mass is 9.82. The van der Waals surface area contributed by atoms with Crippen LogP contribution in [0.2, 0.25) is 0 Å². The highest BCUT2D eigenvalue weighted by molar-refractivity contribution is 5.92. The zero-order chi connectivity index (χ0) is 17.9.